The number of aliphatic imine (C=N–C) groups is 1. The third kappa shape index (κ3) is 4.10. The molecule has 20 heavy (non-hydrogen) atoms. The number of carbonyl (C=O) groups is 2. The highest BCUT2D eigenvalue weighted by atomic mass is 32.1. The van der Waals surface area contributed by atoms with Gasteiger partial charge in [-0.3, -0.25) is 9.59 Å². The van der Waals surface area contributed by atoms with E-state index in [9.17, 15) is 9.59 Å². The highest BCUT2D eigenvalue weighted by Gasteiger charge is 2.46. The maximum Gasteiger partial charge on any atom is 0.305 e. The highest BCUT2D eigenvalue weighted by Crippen LogP contribution is 2.32. The topological polar surface area (TPSA) is 74.2 Å². The molecule has 1 heterocycles. The maximum atomic E-state index is 11.3. The van der Waals surface area contributed by atoms with E-state index in [2.05, 4.69) is 22.4 Å². The van der Waals surface area contributed by atoms with Gasteiger partial charge >= 0.3 is 11.9 Å². The molecule has 0 spiro atoms. The monoisotopic (exact) mass is 301 g/mol. The van der Waals surface area contributed by atoms with Crippen LogP contribution in [0.3, 0.4) is 0 Å². The molecular formula is C13H19NO5S. The molecule has 1 aliphatic heterocycles. The average Bonchev–Trinajstić information content (AvgIpc) is 2.36. The van der Waals surface area contributed by atoms with Crippen molar-refractivity contribution in [3.05, 3.63) is 0 Å². The molecular weight excluding hydrogens is 282 g/mol. The summed E-state index contributed by atoms with van der Waals surface area (Å²) in [5.41, 5.74) is 0. The number of hydrogen-bond donors (Lipinski definition) is 0. The number of thiocarbonyl (C=S) groups is 1. The normalized spacial score (nSPS) is 32.9. The third-order valence-electron chi connectivity index (χ3n) is 3.22. The number of ether oxygens (including phenoxy) is 3. The number of rotatable bonds is 4. The lowest BCUT2D eigenvalue weighted by Crippen LogP contribution is -2.55. The average molecular weight is 301 g/mol. The van der Waals surface area contributed by atoms with E-state index >= 15 is 0 Å². The van der Waals surface area contributed by atoms with Crippen molar-refractivity contribution in [2.24, 2.45) is 10.9 Å². The Balaban J connectivity index is 3.06. The molecule has 1 rings (SSSR count). The van der Waals surface area contributed by atoms with E-state index in [1.165, 1.54) is 13.8 Å². The van der Waals surface area contributed by atoms with Gasteiger partial charge < -0.3 is 14.2 Å². The van der Waals surface area contributed by atoms with Crippen LogP contribution in [0.15, 0.2) is 4.99 Å². The summed E-state index contributed by atoms with van der Waals surface area (Å²) < 4.78 is 16.2. The van der Waals surface area contributed by atoms with E-state index in [-0.39, 0.29) is 12.0 Å². The molecule has 0 aromatic carbocycles. The first-order chi connectivity index (χ1) is 9.40. The summed E-state index contributed by atoms with van der Waals surface area (Å²) in [5.74, 6) is -1.01. The van der Waals surface area contributed by atoms with Crippen LogP contribution in [-0.4, -0.2) is 41.6 Å². The fourth-order valence-corrected chi connectivity index (χ4v) is 2.47. The second kappa shape index (κ2) is 7.47. The fourth-order valence-electron chi connectivity index (χ4n) is 2.35. The van der Waals surface area contributed by atoms with Crippen molar-refractivity contribution in [1.29, 1.82) is 0 Å². The van der Waals surface area contributed by atoms with Crippen LogP contribution in [0.5, 0.6) is 0 Å². The number of esters is 2. The molecule has 1 saturated heterocycles. The van der Waals surface area contributed by atoms with Gasteiger partial charge in [0.1, 0.15) is 6.10 Å². The van der Waals surface area contributed by atoms with Crippen molar-refractivity contribution in [2.75, 3.05) is 0 Å². The minimum Gasteiger partial charge on any atom is -0.460 e. The summed E-state index contributed by atoms with van der Waals surface area (Å²) in [4.78, 5) is 26.4. The maximum absolute atomic E-state index is 11.3. The zero-order valence-corrected chi connectivity index (χ0v) is 12.8. The zero-order chi connectivity index (χ0) is 15.3. The fraction of sp³-hybridized carbons (Fsp3) is 0.769. The molecule has 0 aromatic rings. The summed E-state index contributed by atoms with van der Waals surface area (Å²) in [7, 11) is 0. The van der Waals surface area contributed by atoms with Gasteiger partial charge in [0.25, 0.3) is 0 Å². The predicted octanol–water partition coefficient (Wildman–Crippen LogP) is 1.72. The van der Waals surface area contributed by atoms with Gasteiger partial charge in [-0.2, -0.15) is 0 Å². The lowest BCUT2D eigenvalue weighted by molar-refractivity contribution is -0.241. The first-order valence-corrected chi connectivity index (χ1v) is 6.88. The van der Waals surface area contributed by atoms with Crippen LogP contribution < -0.4 is 0 Å². The number of hydrogen-bond acceptors (Lipinski definition) is 7. The summed E-state index contributed by atoms with van der Waals surface area (Å²) in [6, 6.07) is -0.696. The van der Waals surface area contributed by atoms with E-state index < -0.39 is 30.4 Å². The Labute approximate surface area is 123 Å². The van der Waals surface area contributed by atoms with Gasteiger partial charge in [0.05, 0.1) is 11.3 Å². The van der Waals surface area contributed by atoms with Gasteiger partial charge in [0.15, 0.2) is 6.04 Å². The number of isothiocyanates is 1. The van der Waals surface area contributed by atoms with E-state index in [0.717, 1.165) is 0 Å². The van der Waals surface area contributed by atoms with E-state index in [0.29, 0.717) is 6.42 Å². The molecule has 7 heteroatoms. The van der Waals surface area contributed by atoms with Gasteiger partial charge in [0, 0.05) is 19.8 Å². The minimum absolute atomic E-state index is 0.0900. The number of carbonyl (C=O) groups excluding carboxylic acids is 2. The lowest BCUT2D eigenvalue weighted by atomic mass is 9.88. The minimum atomic E-state index is -0.923. The van der Waals surface area contributed by atoms with Crippen molar-refractivity contribution in [3.8, 4) is 0 Å². The van der Waals surface area contributed by atoms with Crippen LogP contribution in [0.1, 0.15) is 34.1 Å². The Morgan fingerprint density at radius 3 is 2.35 bits per heavy atom. The molecule has 0 aliphatic carbocycles. The Bertz CT molecular complexity index is 421. The molecule has 0 aromatic heterocycles. The summed E-state index contributed by atoms with van der Waals surface area (Å²) in [6.45, 7) is 6.45. The Morgan fingerprint density at radius 1 is 1.30 bits per heavy atom. The van der Waals surface area contributed by atoms with Crippen LogP contribution in [-0.2, 0) is 23.8 Å². The van der Waals surface area contributed by atoms with E-state index in [1.807, 2.05) is 13.8 Å². The van der Waals surface area contributed by atoms with Crippen molar-refractivity contribution >= 4 is 29.3 Å². The second-order valence-corrected chi connectivity index (χ2v) is 4.89. The Kier molecular flexibility index (Phi) is 6.26. The summed E-state index contributed by atoms with van der Waals surface area (Å²) >= 11 is 4.61. The highest BCUT2D eigenvalue weighted by molar-refractivity contribution is 7.78. The Morgan fingerprint density at radius 2 is 1.90 bits per heavy atom. The molecule has 1 aliphatic rings. The molecule has 1 fully saturated rings. The van der Waals surface area contributed by atoms with Crippen LogP contribution in [0, 0.1) is 5.92 Å². The van der Waals surface area contributed by atoms with Crippen LogP contribution in [0.25, 0.3) is 0 Å². The quantitative estimate of drug-likeness (QED) is 0.447. The summed E-state index contributed by atoms with van der Waals surface area (Å²) in [5, 5.41) is 2.24. The smallest absolute Gasteiger partial charge is 0.305 e. The van der Waals surface area contributed by atoms with E-state index in [1.54, 1.807) is 0 Å². The van der Waals surface area contributed by atoms with Gasteiger partial charge in [-0.15, -0.1) is 0 Å². The third-order valence-corrected chi connectivity index (χ3v) is 3.32. The summed E-state index contributed by atoms with van der Waals surface area (Å²) in [6.07, 6.45) is -0.982. The predicted molar refractivity (Wildman–Crippen MR) is 74.3 cm³/mol. The van der Waals surface area contributed by atoms with Crippen molar-refractivity contribution < 1.29 is 23.8 Å². The van der Waals surface area contributed by atoms with Crippen LogP contribution >= 0.6 is 12.2 Å². The molecule has 112 valence electrons. The first-order valence-electron chi connectivity index (χ1n) is 6.47. The van der Waals surface area contributed by atoms with Crippen molar-refractivity contribution in [1.82, 2.24) is 0 Å². The van der Waals surface area contributed by atoms with Crippen LogP contribution in [0.2, 0.25) is 0 Å². The first kappa shape index (κ1) is 16.8. The van der Waals surface area contributed by atoms with Gasteiger partial charge in [-0.1, -0.05) is 13.8 Å². The van der Waals surface area contributed by atoms with Gasteiger partial charge in [-0.25, -0.2) is 4.99 Å². The standard InChI is InChI=1S/C13H19NO5S/c1-5-10-7(2)12(17-8(3)15)11(14-6-20)13(19-10)18-9(4)16/h7,10-13H,5H2,1-4H3/t7-,10-,11-,12?,13?/m1/s1. The van der Waals surface area contributed by atoms with Crippen LogP contribution in [0.4, 0.5) is 0 Å². The molecule has 2 unspecified atom stereocenters. The molecule has 0 N–H and O–H groups in total. The zero-order valence-electron chi connectivity index (χ0n) is 12.0. The molecule has 0 saturated carbocycles. The molecule has 0 amide bonds. The van der Waals surface area contributed by atoms with Crippen molar-refractivity contribution in [2.45, 2.75) is 58.7 Å². The van der Waals surface area contributed by atoms with Gasteiger partial charge in [0.2, 0.25) is 6.29 Å². The Hall–Kier alpha value is -1.30. The second-order valence-electron chi connectivity index (χ2n) is 4.70. The van der Waals surface area contributed by atoms with Crippen molar-refractivity contribution in [3.63, 3.8) is 0 Å². The molecule has 0 bridgehead atoms. The lowest BCUT2D eigenvalue weighted by Gasteiger charge is -2.42. The van der Waals surface area contributed by atoms with E-state index in [4.69, 9.17) is 14.2 Å². The SMILES string of the molecule is CC[C@H]1OC(OC(C)=O)[C@H](N=C=S)C(OC(C)=O)[C@@H]1C. The molecule has 6 nitrogen and oxygen atoms in total. The van der Waals surface area contributed by atoms with Gasteiger partial charge in [-0.05, 0) is 18.6 Å². The molecule has 5 atom stereocenters. The number of nitrogens with zero attached hydrogens (tertiary/aromatic N) is 1. The largest absolute Gasteiger partial charge is 0.460 e. The molecule has 0 radical (unpaired) electrons.